The quantitative estimate of drug-likeness (QED) is 0.365. The van der Waals surface area contributed by atoms with Crippen molar-refractivity contribution in [3.8, 4) is 0 Å². The monoisotopic (exact) mass is 222 g/mol. The van der Waals surface area contributed by atoms with Gasteiger partial charge in [0, 0.05) is 6.42 Å². The molecule has 0 fully saturated rings. The van der Waals surface area contributed by atoms with Crippen molar-refractivity contribution in [2.24, 2.45) is 0 Å². The Bertz CT molecular complexity index is 152. The third kappa shape index (κ3) is 7.17. The summed E-state index contributed by atoms with van der Waals surface area (Å²) in [5, 5.41) is 8.80. The summed E-state index contributed by atoms with van der Waals surface area (Å²) < 4.78 is 9.87. The molecule has 0 aliphatic heterocycles. The summed E-state index contributed by atoms with van der Waals surface area (Å²) in [6.45, 7) is 1.94. The SMILES string of the molecule is CCCCC(=O)OCC(CO)OCS. The van der Waals surface area contributed by atoms with E-state index < -0.39 is 6.10 Å². The number of esters is 1. The Kier molecular flexibility index (Phi) is 9.13. The van der Waals surface area contributed by atoms with Crippen molar-refractivity contribution in [1.29, 1.82) is 0 Å². The van der Waals surface area contributed by atoms with Gasteiger partial charge in [0.25, 0.3) is 0 Å². The van der Waals surface area contributed by atoms with Crippen LogP contribution in [-0.4, -0.2) is 36.3 Å². The third-order valence-corrected chi connectivity index (χ3v) is 1.83. The van der Waals surface area contributed by atoms with Gasteiger partial charge < -0.3 is 14.6 Å². The Labute approximate surface area is 90.0 Å². The van der Waals surface area contributed by atoms with Crippen molar-refractivity contribution in [2.45, 2.75) is 32.3 Å². The van der Waals surface area contributed by atoms with Crippen LogP contribution in [0.3, 0.4) is 0 Å². The summed E-state index contributed by atoms with van der Waals surface area (Å²) in [5.41, 5.74) is 0. The summed E-state index contributed by atoms with van der Waals surface area (Å²) in [5.74, 6) is -0.0364. The highest BCUT2D eigenvalue weighted by molar-refractivity contribution is 7.80. The molecule has 0 aliphatic rings. The van der Waals surface area contributed by atoms with Crippen LogP contribution in [0.1, 0.15) is 26.2 Å². The molecule has 0 aromatic carbocycles. The van der Waals surface area contributed by atoms with Gasteiger partial charge in [-0.3, -0.25) is 4.79 Å². The molecule has 0 heterocycles. The second-order valence-corrected chi connectivity index (χ2v) is 3.15. The van der Waals surface area contributed by atoms with Crippen LogP contribution in [0.15, 0.2) is 0 Å². The van der Waals surface area contributed by atoms with E-state index in [1.54, 1.807) is 0 Å². The fourth-order valence-corrected chi connectivity index (χ4v) is 1.05. The fourth-order valence-electron chi connectivity index (χ4n) is 0.838. The van der Waals surface area contributed by atoms with Crippen LogP contribution in [0.5, 0.6) is 0 Å². The average molecular weight is 222 g/mol. The Morgan fingerprint density at radius 1 is 1.57 bits per heavy atom. The minimum atomic E-state index is -0.460. The van der Waals surface area contributed by atoms with E-state index in [4.69, 9.17) is 14.6 Å². The van der Waals surface area contributed by atoms with E-state index in [1.807, 2.05) is 6.92 Å². The van der Waals surface area contributed by atoms with Crippen LogP contribution in [-0.2, 0) is 14.3 Å². The highest BCUT2D eigenvalue weighted by atomic mass is 32.1. The Morgan fingerprint density at radius 2 is 2.29 bits per heavy atom. The molecule has 0 aliphatic carbocycles. The number of hydrogen-bond donors (Lipinski definition) is 2. The first kappa shape index (κ1) is 13.7. The highest BCUT2D eigenvalue weighted by Crippen LogP contribution is 1.99. The molecule has 0 rings (SSSR count). The van der Waals surface area contributed by atoms with E-state index in [0.717, 1.165) is 12.8 Å². The Balaban J connectivity index is 3.52. The molecule has 5 heteroatoms. The Morgan fingerprint density at radius 3 is 2.79 bits per heavy atom. The number of ether oxygens (including phenoxy) is 2. The van der Waals surface area contributed by atoms with Crippen molar-refractivity contribution < 1.29 is 19.4 Å². The summed E-state index contributed by atoms with van der Waals surface area (Å²) >= 11 is 3.84. The smallest absolute Gasteiger partial charge is 0.305 e. The van der Waals surface area contributed by atoms with Gasteiger partial charge in [-0.15, -0.1) is 0 Å². The number of hydrogen-bond acceptors (Lipinski definition) is 5. The van der Waals surface area contributed by atoms with Gasteiger partial charge in [0.2, 0.25) is 0 Å². The van der Waals surface area contributed by atoms with Gasteiger partial charge in [-0.25, -0.2) is 0 Å². The van der Waals surface area contributed by atoms with Gasteiger partial charge in [-0.2, -0.15) is 12.6 Å². The predicted molar refractivity (Wildman–Crippen MR) is 56.3 cm³/mol. The molecule has 0 saturated heterocycles. The van der Waals surface area contributed by atoms with E-state index in [-0.39, 0.29) is 25.1 Å². The van der Waals surface area contributed by atoms with Crippen molar-refractivity contribution in [1.82, 2.24) is 0 Å². The first-order valence-corrected chi connectivity index (χ1v) is 5.36. The van der Waals surface area contributed by atoms with Gasteiger partial charge in [0.05, 0.1) is 12.5 Å². The summed E-state index contributed by atoms with van der Waals surface area (Å²) in [4.78, 5) is 11.0. The average Bonchev–Trinajstić information content (AvgIpc) is 2.21. The zero-order valence-corrected chi connectivity index (χ0v) is 9.33. The van der Waals surface area contributed by atoms with E-state index in [2.05, 4.69) is 12.6 Å². The molecule has 0 spiro atoms. The molecule has 14 heavy (non-hydrogen) atoms. The molecular weight excluding hydrogens is 204 g/mol. The molecule has 4 nitrogen and oxygen atoms in total. The molecule has 0 amide bonds. The van der Waals surface area contributed by atoms with Crippen molar-refractivity contribution in [2.75, 3.05) is 19.2 Å². The second-order valence-electron chi connectivity index (χ2n) is 2.89. The Hall–Kier alpha value is -0.260. The molecule has 0 bridgehead atoms. The number of carbonyl (C=O) groups is 1. The second kappa shape index (κ2) is 9.30. The number of aliphatic hydroxyl groups is 1. The standard InChI is InChI=1S/C9H18O4S/c1-2-3-4-9(11)12-6-8(5-10)13-7-14/h8,10,14H,2-7H2,1H3. The van der Waals surface area contributed by atoms with Gasteiger partial charge >= 0.3 is 5.97 Å². The highest BCUT2D eigenvalue weighted by Gasteiger charge is 2.10. The minimum Gasteiger partial charge on any atom is -0.463 e. The topological polar surface area (TPSA) is 55.8 Å². The largest absolute Gasteiger partial charge is 0.463 e. The van der Waals surface area contributed by atoms with Crippen molar-refractivity contribution in [3.05, 3.63) is 0 Å². The predicted octanol–water partition coefficient (Wildman–Crippen LogP) is 0.985. The first-order chi connectivity index (χ1) is 6.74. The molecule has 0 aromatic rings. The maximum atomic E-state index is 11.0. The number of aliphatic hydroxyl groups excluding tert-OH is 1. The zero-order chi connectivity index (χ0) is 10.8. The number of thiol groups is 1. The van der Waals surface area contributed by atoms with Crippen LogP contribution >= 0.6 is 12.6 Å². The number of carbonyl (C=O) groups excluding carboxylic acids is 1. The van der Waals surface area contributed by atoms with E-state index in [0.29, 0.717) is 6.42 Å². The van der Waals surface area contributed by atoms with E-state index >= 15 is 0 Å². The van der Waals surface area contributed by atoms with E-state index in [1.165, 1.54) is 0 Å². The molecule has 1 atom stereocenters. The van der Waals surface area contributed by atoms with Crippen molar-refractivity contribution >= 4 is 18.6 Å². The van der Waals surface area contributed by atoms with Crippen LogP contribution in [0.25, 0.3) is 0 Å². The first-order valence-electron chi connectivity index (χ1n) is 4.73. The van der Waals surface area contributed by atoms with Gasteiger partial charge in [0.1, 0.15) is 12.7 Å². The summed E-state index contributed by atoms with van der Waals surface area (Å²) in [6.07, 6.45) is 1.76. The fraction of sp³-hybridized carbons (Fsp3) is 0.889. The minimum absolute atomic E-state index is 0.0968. The van der Waals surface area contributed by atoms with Crippen molar-refractivity contribution in [3.63, 3.8) is 0 Å². The maximum Gasteiger partial charge on any atom is 0.305 e. The van der Waals surface area contributed by atoms with Crippen LogP contribution < -0.4 is 0 Å². The molecule has 1 unspecified atom stereocenters. The van der Waals surface area contributed by atoms with Crippen LogP contribution in [0, 0.1) is 0 Å². The lowest BCUT2D eigenvalue weighted by Crippen LogP contribution is -2.25. The molecular formula is C9H18O4S. The lowest BCUT2D eigenvalue weighted by molar-refractivity contribution is -0.148. The third-order valence-electron chi connectivity index (χ3n) is 1.68. The number of rotatable bonds is 8. The molecule has 0 saturated carbocycles. The molecule has 1 N–H and O–H groups in total. The van der Waals surface area contributed by atoms with Gasteiger partial charge in [0.15, 0.2) is 0 Å². The summed E-state index contributed by atoms with van der Waals surface area (Å²) in [6, 6.07) is 0. The lowest BCUT2D eigenvalue weighted by Gasteiger charge is -2.13. The maximum absolute atomic E-state index is 11.0. The molecule has 84 valence electrons. The van der Waals surface area contributed by atoms with Gasteiger partial charge in [-0.1, -0.05) is 13.3 Å². The van der Waals surface area contributed by atoms with Crippen LogP contribution in [0.2, 0.25) is 0 Å². The van der Waals surface area contributed by atoms with Gasteiger partial charge in [-0.05, 0) is 6.42 Å². The lowest BCUT2D eigenvalue weighted by atomic mass is 10.2. The molecule has 0 aromatic heterocycles. The molecule has 0 radical (unpaired) electrons. The normalized spacial score (nSPS) is 12.5. The number of unbranched alkanes of at least 4 members (excludes halogenated alkanes) is 1. The zero-order valence-electron chi connectivity index (χ0n) is 8.44. The van der Waals surface area contributed by atoms with E-state index in [9.17, 15) is 4.79 Å². The summed E-state index contributed by atoms with van der Waals surface area (Å²) in [7, 11) is 0. The van der Waals surface area contributed by atoms with Crippen LogP contribution in [0.4, 0.5) is 0 Å².